The molecule has 0 bridgehead atoms. The van der Waals surface area contributed by atoms with E-state index in [1.807, 2.05) is 29.2 Å². The first-order valence-corrected chi connectivity index (χ1v) is 6.30. The van der Waals surface area contributed by atoms with E-state index in [1.54, 1.807) is 0 Å². The predicted molar refractivity (Wildman–Crippen MR) is 69.6 cm³/mol. The number of piperazine rings is 1. The first-order chi connectivity index (χ1) is 8.69. The normalized spacial score (nSPS) is 16.4. The first kappa shape index (κ1) is 12.8. The molecule has 2 rings (SSSR count). The molecule has 18 heavy (non-hydrogen) atoms. The summed E-state index contributed by atoms with van der Waals surface area (Å²) in [5, 5.41) is 2.75. The van der Waals surface area contributed by atoms with E-state index in [4.69, 9.17) is 0 Å². The molecule has 0 radical (unpaired) electrons. The summed E-state index contributed by atoms with van der Waals surface area (Å²) in [7, 11) is 0. The molecule has 1 saturated heterocycles. The number of nitrogens with one attached hydrogen (secondary N) is 1. The van der Waals surface area contributed by atoms with Gasteiger partial charge in [0.25, 0.3) is 0 Å². The van der Waals surface area contributed by atoms with Crippen molar-refractivity contribution in [3.05, 3.63) is 35.4 Å². The van der Waals surface area contributed by atoms with Crippen molar-refractivity contribution in [2.75, 3.05) is 26.2 Å². The van der Waals surface area contributed by atoms with Crippen LogP contribution in [-0.4, -0.2) is 42.8 Å². The number of nitrogens with zero attached hydrogens (tertiary/aromatic N) is 1. The Balaban J connectivity index is 1.96. The standard InChI is InChI=1S/C14H18N2O2/c1-2-11-3-5-12(6-4-11)13(17)9-16-8-7-15-14(18)10-16/h3-6H,2,7-10H2,1H3,(H,15,18). The van der Waals surface area contributed by atoms with Crippen molar-refractivity contribution in [1.82, 2.24) is 10.2 Å². The molecule has 0 aliphatic carbocycles. The number of carbonyl (C=O) groups excluding carboxylic acids is 2. The maximum atomic E-state index is 12.0. The van der Waals surface area contributed by atoms with Crippen LogP contribution >= 0.6 is 0 Å². The van der Waals surface area contributed by atoms with Crippen molar-refractivity contribution in [2.45, 2.75) is 13.3 Å². The average Bonchev–Trinajstić information content (AvgIpc) is 2.39. The number of Topliss-reactive ketones (excluding diaryl/α,β-unsaturated/α-hetero) is 1. The second-order valence-corrected chi connectivity index (χ2v) is 4.53. The Morgan fingerprint density at radius 1 is 1.33 bits per heavy atom. The van der Waals surface area contributed by atoms with Gasteiger partial charge in [0.2, 0.25) is 5.91 Å². The van der Waals surface area contributed by atoms with E-state index in [2.05, 4.69) is 12.2 Å². The van der Waals surface area contributed by atoms with Gasteiger partial charge in [-0.05, 0) is 12.0 Å². The van der Waals surface area contributed by atoms with E-state index < -0.39 is 0 Å². The summed E-state index contributed by atoms with van der Waals surface area (Å²) in [6.45, 7) is 4.09. The number of hydrogen-bond acceptors (Lipinski definition) is 3. The highest BCUT2D eigenvalue weighted by atomic mass is 16.2. The summed E-state index contributed by atoms with van der Waals surface area (Å²) in [5.41, 5.74) is 1.95. The van der Waals surface area contributed by atoms with Gasteiger partial charge in [0.1, 0.15) is 0 Å². The van der Waals surface area contributed by atoms with Crippen molar-refractivity contribution in [3.8, 4) is 0 Å². The van der Waals surface area contributed by atoms with Crippen molar-refractivity contribution in [1.29, 1.82) is 0 Å². The summed E-state index contributed by atoms with van der Waals surface area (Å²) in [5.74, 6) is 0.0720. The Bertz CT molecular complexity index is 440. The molecule has 1 aliphatic heterocycles. The number of benzene rings is 1. The molecule has 1 heterocycles. The SMILES string of the molecule is CCc1ccc(C(=O)CN2CCNC(=O)C2)cc1. The van der Waals surface area contributed by atoms with Crippen molar-refractivity contribution in [2.24, 2.45) is 0 Å². The van der Waals surface area contributed by atoms with E-state index in [-0.39, 0.29) is 11.7 Å². The van der Waals surface area contributed by atoms with Gasteiger partial charge in [0.15, 0.2) is 5.78 Å². The third-order valence-corrected chi connectivity index (χ3v) is 3.17. The zero-order valence-corrected chi connectivity index (χ0v) is 10.6. The van der Waals surface area contributed by atoms with E-state index >= 15 is 0 Å². The first-order valence-electron chi connectivity index (χ1n) is 6.30. The topological polar surface area (TPSA) is 49.4 Å². The van der Waals surface area contributed by atoms with Gasteiger partial charge in [0, 0.05) is 18.7 Å². The number of amides is 1. The van der Waals surface area contributed by atoms with Crippen LogP contribution in [0.4, 0.5) is 0 Å². The lowest BCUT2D eigenvalue weighted by Gasteiger charge is -2.25. The fourth-order valence-corrected chi connectivity index (χ4v) is 2.05. The third kappa shape index (κ3) is 3.17. The highest BCUT2D eigenvalue weighted by Gasteiger charge is 2.19. The summed E-state index contributed by atoms with van der Waals surface area (Å²) >= 11 is 0. The largest absolute Gasteiger partial charge is 0.354 e. The molecule has 0 saturated carbocycles. The zero-order chi connectivity index (χ0) is 13.0. The lowest BCUT2D eigenvalue weighted by molar-refractivity contribution is -0.123. The number of ketones is 1. The van der Waals surface area contributed by atoms with Crippen molar-refractivity contribution in [3.63, 3.8) is 0 Å². The van der Waals surface area contributed by atoms with E-state index in [0.717, 1.165) is 18.5 Å². The van der Waals surface area contributed by atoms with Crippen LogP contribution in [0.25, 0.3) is 0 Å². The van der Waals surface area contributed by atoms with Crippen LogP contribution in [-0.2, 0) is 11.2 Å². The van der Waals surface area contributed by atoms with E-state index in [1.165, 1.54) is 5.56 Å². The van der Waals surface area contributed by atoms with Crippen LogP contribution in [0, 0.1) is 0 Å². The zero-order valence-electron chi connectivity index (χ0n) is 10.6. The Morgan fingerprint density at radius 2 is 2.06 bits per heavy atom. The van der Waals surface area contributed by atoms with E-state index in [0.29, 0.717) is 19.6 Å². The molecule has 96 valence electrons. The fourth-order valence-electron chi connectivity index (χ4n) is 2.05. The molecule has 0 unspecified atom stereocenters. The molecule has 0 atom stereocenters. The lowest BCUT2D eigenvalue weighted by Crippen LogP contribution is -2.49. The van der Waals surface area contributed by atoms with Crippen LogP contribution in [0.3, 0.4) is 0 Å². The molecule has 0 spiro atoms. The van der Waals surface area contributed by atoms with Gasteiger partial charge >= 0.3 is 0 Å². The molecule has 4 nitrogen and oxygen atoms in total. The molecule has 4 heteroatoms. The second kappa shape index (κ2) is 5.78. The number of rotatable bonds is 4. The average molecular weight is 246 g/mol. The monoisotopic (exact) mass is 246 g/mol. The maximum Gasteiger partial charge on any atom is 0.234 e. The summed E-state index contributed by atoms with van der Waals surface area (Å²) in [6, 6.07) is 7.70. The summed E-state index contributed by atoms with van der Waals surface area (Å²) in [4.78, 5) is 25.1. The van der Waals surface area contributed by atoms with Gasteiger partial charge < -0.3 is 5.32 Å². The summed E-state index contributed by atoms with van der Waals surface area (Å²) < 4.78 is 0. The fraction of sp³-hybridized carbons (Fsp3) is 0.429. The molecular weight excluding hydrogens is 228 g/mol. The molecule has 1 N–H and O–H groups in total. The molecular formula is C14H18N2O2. The van der Waals surface area contributed by atoms with Gasteiger partial charge in [-0.15, -0.1) is 0 Å². The highest BCUT2D eigenvalue weighted by molar-refractivity contribution is 5.98. The molecule has 1 fully saturated rings. The quantitative estimate of drug-likeness (QED) is 0.802. The van der Waals surface area contributed by atoms with Crippen LogP contribution in [0.15, 0.2) is 24.3 Å². The summed E-state index contributed by atoms with van der Waals surface area (Å²) in [6.07, 6.45) is 0.973. The molecule has 1 aromatic rings. The predicted octanol–water partition coefficient (Wildman–Crippen LogP) is 0.863. The minimum atomic E-state index is -0.00428. The maximum absolute atomic E-state index is 12.0. The van der Waals surface area contributed by atoms with Gasteiger partial charge in [-0.25, -0.2) is 0 Å². The van der Waals surface area contributed by atoms with Crippen LogP contribution < -0.4 is 5.32 Å². The number of aryl methyl sites for hydroxylation is 1. The lowest BCUT2D eigenvalue weighted by atomic mass is 10.1. The van der Waals surface area contributed by atoms with Gasteiger partial charge in [-0.1, -0.05) is 31.2 Å². The van der Waals surface area contributed by atoms with Gasteiger partial charge in [-0.3, -0.25) is 14.5 Å². The molecule has 1 aromatic carbocycles. The van der Waals surface area contributed by atoms with Crippen LogP contribution in [0.2, 0.25) is 0 Å². The van der Waals surface area contributed by atoms with Crippen molar-refractivity contribution >= 4 is 11.7 Å². The molecule has 1 aliphatic rings. The van der Waals surface area contributed by atoms with Crippen molar-refractivity contribution < 1.29 is 9.59 Å². The van der Waals surface area contributed by atoms with Gasteiger partial charge in [-0.2, -0.15) is 0 Å². The number of carbonyl (C=O) groups is 2. The molecule has 1 amide bonds. The smallest absolute Gasteiger partial charge is 0.234 e. The van der Waals surface area contributed by atoms with Crippen LogP contribution in [0.1, 0.15) is 22.8 Å². The second-order valence-electron chi connectivity index (χ2n) is 4.53. The Labute approximate surface area is 107 Å². The molecule has 0 aromatic heterocycles. The minimum absolute atomic E-state index is 0.00428. The Morgan fingerprint density at radius 3 is 2.67 bits per heavy atom. The van der Waals surface area contributed by atoms with E-state index in [9.17, 15) is 9.59 Å². The van der Waals surface area contributed by atoms with Crippen LogP contribution in [0.5, 0.6) is 0 Å². The highest BCUT2D eigenvalue weighted by Crippen LogP contribution is 2.07. The number of hydrogen-bond donors (Lipinski definition) is 1. The minimum Gasteiger partial charge on any atom is -0.354 e. The Hall–Kier alpha value is -1.68. The van der Waals surface area contributed by atoms with Gasteiger partial charge in [0.05, 0.1) is 13.1 Å². The third-order valence-electron chi connectivity index (χ3n) is 3.17. The Kier molecular flexibility index (Phi) is 4.10.